The lowest BCUT2D eigenvalue weighted by Crippen LogP contribution is -2.48. The number of hydrogen-bond acceptors (Lipinski definition) is 4. The topological polar surface area (TPSA) is 90.0 Å². The third-order valence-corrected chi connectivity index (χ3v) is 6.36. The Morgan fingerprint density at radius 1 is 0.824 bits per heavy atom. The average Bonchev–Trinajstić information content (AvgIpc) is 3.15. The van der Waals surface area contributed by atoms with Crippen LogP contribution in [0.25, 0.3) is 0 Å². The molecular weight excluding hydrogens is 430 g/mol. The molecule has 0 saturated carbocycles. The van der Waals surface area contributed by atoms with Gasteiger partial charge in [-0.2, -0.15) is 0 Å². The first-order chi connectivity index (χ1) is 16.6. The Labute approximate surface area is 197 Å². The molecule has 2 heterocycles. The summed E-state index contributed by atoms with van der Waals surface area (Å²) in [6.07, 6.45) is 1.99. The van der Waals surface area contributed by atoms with Gasteiger partial charge in [0, 0.05) is 24.1 Å². The summed E-state index contributed by atoms with van der Waals surface area (Å²) in [5.41, 5.74) is 3.05. The van der Waals surface area contributed by atoms with E-state index in [1.54, 1.807) is 34.1 Å². The Bertz CT molecular complexity index is 1270. The number of unbranched alkanes of at least 4 members (excludes halogenated alkanes) is 2. The molecule has 0 bridgehead atoms. The van der Waals surface area contributed by atoms with Crippen LogP contribution in [0.3, 0.4) is 0 Å². The van der Waals surface area contributed by atoms with Gasteiger partial charge in [0.25, 0.3) is 11.8 Å². The molecule has 0 saturated heterocycles. The zero-order chi connectivity index (χ0) is 23.7. The number of aromatic hydroxyl groups is 1. The molecule has 172 valence electrons. The number of carbonyl (C=O) groups excluding carboxylic acids is 3. The van der Waals surface area contributed by atoms with Crippen LogP contribution < -0.4 is 10.2 Å². The first kappa shape index (κ1) is 21.7. The maximum Gasteiger partial charge on any atom is 0.260 e. The highest BCUT2D eigenvalue weighted by Crippen LogP contribution is 2.45. The molecule has 0 fully saturated rings. The molecule has 0 aliphatic carbocycles. The van der Waals surface area contributed by atoms with Crippen molar-refractivity contribution < 1.29 is 19.5 Å². The Morgan fingerprint density at radius 3 is 2.35 bits per heavy atom. The number of nitrogens with zero attached hydrogens (tertiary/aromatic N) is 2. The van der Waals surface area contributed by atoms with Gasteiger partial charge in [-0.3, -0.25) is 19.3 Å². The largest absolute Gasteiger partial charge is 0.506 e. The molecule has 2 aliphatic rings. The summed E-state index contributed by atoms with van der Waals surface area (Å²) < 4.78 is 0. The van der Waals surface area contributed by atoms with E-state index in [0.717, 1.165) is 12.0 Å². The van der Waals surface area contributed by atoms with Crippen molar-refractivity contribution >= 4 is 29.1 Å². The molecule has 0 unspecified atom stereocenters. The highest BCUT2D eigenvalue weighted by molar-refractivity contribution is 6.16. The lowest BCUT2D eigenvalue weighted by molar-refractivity contribution is -0.116. The van der Waals surface area contributed by atoms with E-state index in [-0.39, 0.29) is 23.5 Å². The maximum absolute atomic E-state index is 13.4. The number of nitrogens with one attached hydrogen (secondary N) is 1. The molecule has 2 aliphatic heterocycles. The Kier molecular flexibility index (Phi) is 5.76. The van der Waals surface area contributed by atoms with Gasteiger partial charge in [-0.05, 0) is 43.2 Å². The van der Waals surface area contributed by atoms with E-state index in [1.807, 2.05) is 42.5 Å². The van der Waals surface area contributed by atoms with Crippen molar-refractivity contribution in [3.63, 3.8) is 0 Å². The molecule has 34 heavy (non-hydrogen) atoms. The van der Waals surface area contributed by atoms with Gasteiger partial charge in [-0.15, -0.1) is 0 Å². The summed E-state index contributed by atoms with van der Waals surface area (Å²) in [7, 11) is 0. The van der Waals surface area contributed by atoms with Crippen LogP contribution in [0, 0.1) is 0 Å². The molecule has 0 aromatic heterocycles. The third-order valence-electron chi connectivity index (χ3n) is 6.36. The third kappa shape index (κ3) is 3.79. The highest BCUT2D eigenvalue weighted by atomic mass is 16.3. The van der Waals surface area contributed by atoms with E-state index in [2.05, 4.69) is 5.32 Å². The number of benzene rings is 3. The van der Waals surface area contributed by atoms with Crippen LogP contribution in [0.15, 0.2) is 72.8 Å². The molecule has 3 aromatic rings. The number of fused-ring (bicyclic) bond motifs is 5. The second-order valence-electron chi connectivity index (χ2n) is 8.53. The lowest BCUT2D eigenvalue weighted by Gasteiger charge is -2.41. The fourth-order valence-corrected chi connectivity index (χ4v) is 4.74. The molecule has 3 amide bonds. The Morgan fingerprint density at radius 2 is 1.53 bits per heavy atom. The molecule has 1 atom stereocenters. The summed E-state index contributed by atoms with van der Waals surface area (Å²) in [6, 6.07) is 21.3. The van der Waals surface area contributed by atoms with Crippen LogP contribution in [-0.2, 0) is 4.79 Å². The van der Waals surface area contributed by atoms with E-state index >= 15 is 0 Å². The zero-order valence-corrected chi connectivity index (χ0v) is 18.6. The number of rotatable bonds is 7. The number of phenolic OH excluding ortho intramolecular Hbond substituents is 1. The molecule has 7 heteroatoms. The second kappa shape index (κ2) is 9.02. The Hall–Kier alpha value is -4.13. The van der Waals surface area contributed by atoms with Crippen molar-refractivity contribution in [1.82, 2.24) is 4.90 Å². The minimum Gasteiger partial charge on any atom is -0.506 e. The van der Waals surface area contributed by atoms with Crippen LogP contribution in [0.5, 0.6) is 5.75 Å². The number of amides is 3. The fourth-order valence-electron chi connectivity index (χ4n) is 4.74. The normalized spacial score (nSPS) is 16.2. The van der Waals surface area contributed by atoms with Crippen LogP contribution in [0.4, 0.5) is 11.4 Å². The van der Waals surface area contributed by atoms with E-state index < -0.39 is 6.17 Å². The predicted molar refractivity (Wildman–Crippen MR) is 129 cm³/mol. The van der Waals surface area contributed by atoms with Crippen molar-refractivity contribution in [3.8, 4) is 5.75 Å². The molecule has 3 aromatic carbocycles. The summed E-state index contributed by atoms with van der Waals surface area (Å²) >= 11 is 0. The number of hydrogen-bond donors (Lipinski definition) is 2. The number of carbonyl (C=O) groups is 3. The summed E-state index contributed by atoms with van der Waals surface area (Å²) in [5, 5.41) is 12.5. The van der Waals surface area contributed by atoms with Gasteiger partial charge in [0.15, 0.2) is 0 Å². The fraction of sp³-hybridized carbons (Fsp3) is 0.222. The monoisotopic (exact) mass is 455 g/mol. The SMILES string of the molecule is O=C(CCCCCN1C(=O)c2ccccc2N2C(=O)c3ccccc3[C@H]12)Nc1ccccc1O. The van der Waals surface area contributed by atoms with Crippen LogP contribution in [0.1, 0.15) is 58.1 Å². The van der Waals surface area contributed by atoms with Gasteiger partial charge in [-0.1, -0.05) is 48.9 Å². The van der Waals surface area contributed by atoms with Gasteiger partial charge in [0.05, 0.1) is 16.9 Å². The van der Waals surface area contributed by atoms with Crippen molar-refractivity contribution in [2.24, 2.45) is 0 Å². The maximum atomic E-state index is 13.4. The minimum atomic E-state index is -0.449. The van der Waals surface area contributed by atoms with E-state index in [1.165, 1.54) is 6.07 Å². The number of phenols is 1. The van der Waals surface area contributed by atoms with Crippen molar-refractivity contribution in [2.45, 2.75) is 31.8 Å². The van der Waals surface area contributed by atoms with Gasteiger partial charge < -0.3 is 15.3 Å². The Balaban J connectivity index is 1.25. The highest BCUT2D eigenvalue weighted by Gasteiger charge is 2.47. The van der Waals surface area contributed by atoms with Gasteiger partial charge >= 0.3 is 0 Å². The predicted octanol–water partition coefficient (Wildman–Crippen LogP) is 4.71. The molecule has 0 spiro atoms. The molecule has 5 rings (SSSR count). The average molecular weight is 456 g/mol. The van der Waals surface area contributed by atoms with Crippen molar-refractivity contribution in [1.29, 1.82) is 0 Å². The molecule has 7 nitrogen and oxygen atoms in total. The van der Waals surface area contributed by atoms with Crippen LogP contribution in [0.2, 0.25) is 0 Å². The number of anilines is 2. The van der Waals surface area contributed by atoms with E-state index in [0.29, 0.717) is 48.3 Å². The number of para-hydroxylation sites is 3. The van der Waals surface area contributed by atoms with E-state index in [9.17, 15) is 19.5 Å². The van der Waals surface area contributed by atoms with Crippen molar-refractivity contribution in [2.75, 3.05) is 16.8 Å². The van der Waals surface area contributed by atoms with Crippen LogP contribution >= 0.6 is 0 Å². The standard InChI is InChI=1S/C27H25N3O4/c31-23-15-8-6-13-21(23)28-24(32)16-2-1-9-17-29-25-18-10-3-4-11-19(18)27(34)30(25)22-14-7-5-12-20(22)26(29)33/h3-8,10-15,25,31H,1-2,9,16-17H2,(H,28,32)/t25-/m1/s1. The van der Waals surface area contributed by atoms with Gasteiger partial charge in [0.1, 0.15) is 11.9 Å². The zero-order valence-electron chi connectivity index (χ0n) is 18.6. The van der Waals surface area contributed by atoms with Gasteiger partial charge in [0.2, 0.25) is 5.91 Å². The van der Waals surface area contributed by atoms with Crippen LogP contribution in [-0.4, -0.2) is 34.3 Å². The minimum absolute atomic E-state index is 0.0377. The molecule has 2 N–H and O–H groups in total. The summed E-state index contributed by atoms with van der Waals surface area (Å²) in [5.74, 6) is -0.299. The second-order valence-corrected chi connectivity index (χ2v) is 8.53. The first-order valence-corrected chi connectivity index (χ1v) is 11.5. The molecule has 0 radical (unpaired) electrons. The van der Waals surface area contributed by atoms with Crippen molar-refractivity contribution in [3.05, 3.63) is 89.5 Å². The lowest BCUT2D eigenvalue weighted by atomic mass is 10.0. The van der Waals surface area contributed by atoms with Gasteiger partial charge in [-0.25, -0.2) is 0 Å². The molecular formula is C27H25N3O4. The quantitative estimate of drug-likeness (QED) is 0.399. The van der Waals surface area contributed by atoms with E-state index in [4.69, 9.17) is 0 Å². The smallest absolute Gasteiger partial charge is 0.260 e. The summed E-state index contributed by atoms with van der Waals surface area (Å²) in [4.78, 5) is 42.3. The summed E-state index contributed by atoms with van der Waals surface area (Å²) in [6.45, 7) is 0.483. The first-order valence-electron chi connectivity index (χ1n) is 11.5.